The zero-order chi connectivity index (χ0) is 16.9. The van der Waals surface area contributed by atoms with Gasteiger partial charge in [-0.2, -0.15) is 13.2 Å². The molecular weight excluding hydrogens is 313 g/mol. The molecule has 0 saturated heterocycles. The van der Waals surface area contributed by atoms with Gasteiger partial charge < -0.3 is 10.4 Å². The molecule has 0 atom stereocenters. The number of carbonyl (C=O) groups excluding carboxylic acids is 1. The number of aliphatic hydroxyl groups excluding tert-OH is 1. The predicted octanol–water partition coefficient (Wildman–Crippen LogP) is 1.48. The van der Waals surface area contributed by atoms with Crippen LogP contribution in [0.2, 0.25) is 0 Å². The Morgan fingerprint density at radius 3 is 2.57 bits per heavy atom. The lowest BCUT2D eigenvalue weighted by Crippen LogP contribution is -2.27. The minimum atomic E-state index is -4.30. The zero-order valence-corrected chi connectivity index (χ0v) is 12.0. The Balaban J connectivity index is 1.96. The number of hydrogen-bond acceptors (Lipinski definition) is 4. The minimum absolute atomic E-state index is 0.0320. The molecule has 0 fully saturated rings. The van der Waals surface area contributed by atoms with Crippen molar-refractivity contribution in [2.24, 2.45) is 0 Å². The molecule has 0 spiro atoms. The maximum absolute atomic E-state index is 12.0. The van der Waals surface area contributed by atoms with Crippen LogP contribution in [0.25, 0.3) is 5.69 Å². The van der Waals surface area contributed by atoms with Crippen LogP contribution in [0.1, 0.15) is 22.5 Å². The molecule has 0 unspecified atom stereocenters. The topological polar surface area (TPSA) is 80.0 Å². The molecular formula is C14H15F3N4O2. The van der Waals surface area contributed by atoms with Crippen LogP contribution in [-0.2, 0) is 6.42 Å². The first-order chi connectivity index (χ1) is 10.9. The number of halogens is 3. The Kier molecular flexibility index (Phi) is 5.32. The fourth-order valence-corrected chi connectivity index (χ4v) is 1.84. The average molecular weight is 328 g/mol. The van der Waals surface area contributed by atoms with Gasteiger partial charge in [-0.1, -0.05) is 5.21 Å². The quantitative estimate of drug-likeness (QED) is 0.842. The van der Waals surface area contributed by atoms with E-state index in [1.807, 2.05) is 0 Å². The molecule has 2 N–H and O–H groups in total. The second-order valence-corrected chi connectivity index (χ2v) is 4.80. The summed E-state index contributed by atoms with van der Waals surface area (Å²) in [5.74, 6) is -0.569. The fourth-order valence-electron chi connectivity index (χ4n) is 1.84. The van der Waals surface area contributed by atoms with E-state index < -0.39 is 25.0 Å². The zero-order valence-electron chi connectivity index (χ0n) is 12.0. The number of hydrogen-bond donors (Lipinski definition) is 2. The number of rotatable bonds is 6. The maximum Gasteiger partial charge on any atom is 0.390 e. The molecule has 2 rings (SSSR count). The third-order valence-corrected chi connectivity index (χ3v) is 3.00. The molecule has 0 aliphatic carbocycles. The highest BCUT2D eigenvalue weighted by molar-refractivity contribution is 5.94. The van der Waals surface area contributed by atoms with Gasteiger partial charge in [0.1, 0.15) is 0 Å². The average Bonchev–Trinajstić information content (AvgIpc) is 2.95. The summed E-state index contributed by atoms with van der Waals surface area (Å²) in [4.78, 5) is 11.7. The number of amides is 1. The number of alkyl halides is 3. The van der Waals surface area contributed by atoms with E-state index in [0.29, 0.717) is 17.8 Å². The van der Waals surface area contributed by atoms with Crippen molar-refractivity contribution in [3.63, 3.8) is 0 Å². The van der Waals surface area contributed by atoms with Crippen LogP contribution in [0.4, 0.5) is 13.2 Å². The number of nitrogens with one attached hydrogen (secondary N) is 1. The highest BCUT2D eigenvalue weighted by Gasteiger charge is 2.26. The van der Waals surface area contributed by atoms with Gasteiger partial charge in [0.05, 0.1) is 24.0 Å². The molecule has 23 heavy (non-hydrogen) atoms. The van der Waals surface area contributed by atoms with Crippen molar-refractivity contribution in [1.29, 1.82) is 0 Å². The summed E-state index contributed by atoms with van der Waals surface area (Å²) in [6.45, 7) is -0.493. The van der Waals surface area contributed by atoms with Gasteiger partial charge in [0.25, 0.3) is 5.91 Å². The first-order valence-electron chi connectivity index (χ1n) is 6.86. The van der Waals surface area contributed by atoms with Crippen molar-refractivity contribution in [1.82, 2.24) is 20.3 Å². The summed E-state index contributed by atoms with van der Waals surface area (Å²) < 4.78 is 37.6. The van der Waals surface area contributed by atoms with Gasteiger partial charge in [-0.05, 0) is 24.3 Å². The largest absolute Gasteiger partial charge is 0.396 e. The van der Waals surface area contributed by atoms with Gasteiger partial charge in [-0.25, -0.2) is 4.68 Å². The standard InChI is InChI=1S/C14H15F3N4O2/c15-14(16,17)6-7-18-13(23)10-1-3-12(4-2-10)21-9-11(5-8-22)19-20-21/h1-4,9,22H,5-8H2,(H,18,23). The summed E-state index contributed by atoms with van der Waals surface area (Å²) in [5, 5.41) is 18.8. The van der Waals surface area contributed by atoms with Crippen molar-refractivity contribution in [2.75, 3.05) is 13.2 Å². The maximum atomic E-state index is 12.0. The van der Waals surface area contributed by atoms with Gasteiger partial charge in [-0.15, -0.1) is 5.10 Å². The summed E-state index contributed by atoms with van der Waals surface area (Å²) in [6.07, 6.45) is -3.33. The lowest BCUT2D eigenvalue weighted by molar-refractivity contribution is -0.132. The minimum Gasteiger partial charge on any atom is -0.396 e. The fraction of sp³-hybridized carbons (Fsp3) is 0.357. The Bertz CT molecular complexity index is 653. The molecule has 9 heteroatoms. The van der Waals surface area contributed by atoms with E-state index in [1.54, 1.807) is 18.3 Å². The summed E-state index contributed by atoms with van der Waals surface area (Å²) in [6, 6.07) is 6.20. The smallest absolute Gasteiger partial charge is 0.390 e. The van der Waals surface area contributed by atoms with Gasteiger partial charge >= 0.3 is 6.18 Å². The number of nitrogens with zero attached hydrogens (tertiary/aromatic N) is 3. The van der Waals surface area contributed by atoms with E-state index in [9.17, 15) is 18.0 Å². The van der Waals surface area contributed by atoms with E-state index in [4.69, 9.17) is 5.11 Å². The van der Waals surface area contributed by atoms with Crippen molar-refractivity contribution in [3.05, 3.63) is 41.7 Å². The van der Waals surface area contributed by atoms with Gasteiger partial charge in [0.2, 0.25) is 0 Å². The van der Waals surface area contributed by atoms with Crippen molar-refractivity contribution in [2.45, 2.75) is 19.0 Å². The molecule has 0 aliphatic rings. The summed E-state index contributed by atoms with van der Waals surface area (Å²) in [7, 11) is 0. The number of benzene rings is 1. The molecule has 1 amide bonds. The van der Waals surface area contributed by atoms with Gasteiger partial charge in [-0.3, -0.25) is 4.79 Å². The molecule has 6 nitrogen and oxygen atoms in total. The SMILES string of the molecule is O=C(NCCC(F)(F)F)c1ccc(-n2cc(CCO)nn2)cc1. The third-order valence-electron chi connectivity index (χ3n) is 3.00. The summed E-state index contributed by atoms with van der Waals surface area (Å²) in [5.41, 5.74) is 1.53. The monoisotopic (exact) mass is 328 g/mol. The van der Waals surface area contributed by atoms with E-state index in [1.165, 1.54) is 16.8 Å². The molecule has 124 valence electrons. The van der Waals surface area contributed by atoms with Crippen molar-refractivity contribution in [3.8, 4) is 5.69 Å². The van der Waals surface area contributed by atoms with Gasteiger partial charge in [0, 0.05) is 25.1 Å². The van der Waals surface area contributed by atoms with Crippen LogP contribution in [0.5, 0.6) is 0 Å². The highest BCUT2D eigenvalue weighted by Crippen LogP contribution is 2.18. The Hall–Kier alpha value is -2.42. The molecule has 1 aromatic heterocycles. The van der Waals surface area contributed by atoms with E-state index in [-0.39, 0.29) is 12.2 Å². The van der Waals surface area contributed by atoms with E-state index in [0.717, 1.165) is 0 Å². The van der Waals surface area contributed by atoms with E-state index in [2.05, 4.69) is 15.6 Å². The van der Waals surface area contributed by atoms with Crippen LogP contribution in [0.15, 0.2) is 30.5 Å². The van der Waals surface area contributed by atoms with Crippen LogP contribution < -0.4 is 5.32 Å². The molecule has 0 bridgehead atoms. The summed E-state index contributed by atoms with van der Waals surface area (Å²) >= 11 is 0. The van der Waals surface area contributed by atoms with Crippen LogP contribution in [0, 0.1) is 0 Å². The molecule has 1 aromatic carbocycles. The second kappa shape index (κ2) is 7.23. The molecule has 1 heterocycles. The number of carbonyl (C=O) groups is 1. The second-order valence-electron chi connectivity index (χ2n) is 4.80. The Morgan fingerprint density at radius 1 is 1.26 bits per heavy atom. The molecule has 0 aliphatic heterocycles. The highest BCUT2D eigenvalue weighted by atomic mass is 19.4. The van der Waals surface area contributed by atoms with Crippen LogP contribution in [-0.4, -0.2) is 45.3 Å². The molecule has 0 radical (unpaired) electrons. The number of aliphatic hydroxyl groups is 1. The predicted molar refractivity (Wildman–Crippen MR) is 75.2 cm³/mol. The van der Waals surface area contributed by atoms with Gasteiger partial charge in [0.15, 0.2) is 0 Å². The third kappa shape index (κ3) is 5.06. The van der Waals surface area contributed by atoms with Crippen LogP contribution in [0.3, 0.4) is 0 Å². The molecule has 2 aromatic rings. The van der Waals surface area contributed by atoms with E-state index >= 15 is 0 Å². The van der Waals surface area contributed by atoms with Crippen molar-refractivity contribution < 1.29 is 23.1 Å². The first-order valence-corrected chi connectivity index (χ1v) is 6.86. The number of aromatic nitrogens is 3. The Morgan fingerprint density at radius 2 is 1.96 bits per heavy atom. The van der Waals surface area contributed by atoms with Crippen LogP contribution >= 0.6 is 0 Å². The normalized spacial score (nSPS) is 11.5. The van der Waals surface area contributed by atoms with Crippen molar-refractivity contribution >= 4 is 5.91 Å². The lowest BCUT2D eigenvalue weighted by atomic mass is 10.2. The molecule has 0 saturated carbocycles. The first kappa shape index (κ1) is 16.9. The lowest BCUT2D eigenvalue weighted by Gasteiger charge is -2.08. The Labute approximate surface area is 129 Å².